The molecule has 0 amide bonds. The van der Waals surface area contributed by atoms with E-state index in [2.05, 4.69) is 4.72 Å². The van der Waals surface area contributed by atoms with Crippen LogP contribution in [0.2, 0.25) is 0 Å². The van der Waals surface area contributed by atoms with Crippen LogP contribution in [0.15, 0.2) is 23.1 Å². The molecule has 3 N–H and O–H groups in total. The number of hydrogen-bond donors (Lipinski definition) is 2. The molecule has 1 aromatic carbocycles. The van der Waals surface area contributed by atoms with Crippen molar-refractivity contribution in [3.63, 3.8) is 0 Å². The Morgan fingerprint density at radius 2 is 1.94 bits per heavy atom. The highest BCUT2D eigenvalue weighted by Crippen LogP contribution is 2.19. The Bertz CT molecular complexity index is 507. The predicted octanol–water partition coefficient (Wildman–Crippen LogP) is 2.04. The van der Waals surface area contributed by atoms with Crippen molar-refractivity contribution < 1.29 is 8.42 Å². The van der Waals surface area contributed by atoms with Crippen molar-refractivity contribution in [2.75, 3.05) is 5.73 Å². The molecule has 0 unspecified atom stereocenters. The summed E-state index contributed by atoms with van der Waals surface area (Å²) in [6.07, 6.45) is 0.716. The van der Waals surface area contributed by atoms with E-state index >= 15 is 0 Å². The smallest absolute Gasteiger partial charge is 0.241 e. The molecule has 0 spiro atoms. The number of anilines is 1. The van der Waals surface area contributed by atoms with Gasteiger partial charge in [-0.2, -0.15) is 0 Å². The van der Waals surface area contributed by atoms with Crippen molar-refractivity contribution in [1.82, 2.24) is 4.72 Å². The average Bonchev–Trinajstić information content (AvgIpc) is 2.20. The van der Waals surface area contributed by atoms with Crippen molar-refractivity contribution in [3.8, 4) is 0 Å². The summed E-state index contributed by atoms with van der Waals surface area (Å²) < 4.78 is 26.9. The molecule has 0 atom stereocenters. The van der Waals surface area contributed by atoms with E-state index in [0.717, 1.165) is 5.56 Å². The van der Waals surface area contributed by atoms with Crippen molar-refractivity contribution in [2.24, 2.45) is 0 Å². The quantitative estimate of drug-likeness (QED) is 0.810. The van der Waals surface area contributed by atoms with Crippen LogP contribution in [0.3, 0.4) is 0 Å². The van der Waals surface area contributed by atoms with E-state index in [1.807, 2.05) is 27.7 Å². The first-order valence-electron chi connectivity index (χ1n) is 5.58. The first-order valence-corrected chi connectivity index (χ1v) is 7.06. The summed E-state index contributed by atoms with van der Waals surface area (Å²) in [4.78, 5) is 0.210. The van der Waals surface area contributed by atoms with Crippen LogP contribution < -0.4 is 10.5 Å². The standard InChI is InChI=1S/C12H20N2O2S/c1-5-12(3,4)14-17(15,16)10-7-6-9(2)11(13)8-10/h6-8,14H,5,13H2,1-4H3. The van der Waals surface area contributed by atoms with Crippen LogP contribution in [0.1, 0.15) is 32.8 Å². The predicted molar refractivity (Wildman–Crippen MR) is 70.3 cm³/mol. The summed E-state index contributed by atoms with van der Waals surface area (Å²) in [5.74, 6) is 0. The Labute approximate surface area is 103 Å². The molecule has 4 nitrogen and oxygen atoms in total. The third-order valence-electron chi connectivity index (χ3n) is 2.86. The zero-order valence-electron chi connectivity index (χ0n) is 10.7. The first kappa shape index (κ1) is 14.0. The maximum Gasteiger partial charge on any atom is 0.241 e. The number of nitrogen functional groups attached to an aromatic ring is 1. The second kappa shape index (κ2) is 4.66. The lowest BCUT2D eigenvalue weighted by Crippen LogP contribution is -2.42. The molecular formula is C12H20N2O2S. The zero-order valence-corrected chi connectivity index (χ0v) is 11.6. The molecular weight excluding hydrogens is 236 g/mol. The molecule has 0 aliphatic rings. The molecule has 0 aliphatic carbocycles. The lowest BCUT2D eigenvalue weighted by atomic mass is 10.0. The van der Waals surface area contributed by atoms with E-state index in [0.29, 0.717) is 12.1 Å². The third-order valence-corrected chi connectivity index (χ3v) is 4.55. The number of hydrogen-bond acceptors (Lipinski definition) is 3. The number of nitrogens with two attached hydrogens (primary N) is 1. The van der Waals surface area contributed by atoms with Gasteiger partial charge in [0, 0.05) is 11.2 Å². The van der Waals surface area contributed by atoms with Crippen LogP contribution in [0.4, 0.5) is 5.69 Å². The molecule has 1 aromatic rings. The number of benzene rings is 1. The van der Waals surface area contributed by atoms with Gasteiger partial charge >= 0.3 is 0 Å². The molecule has 0 fully saturated rings. The SMILES string of the molecule is CCC(C)(C)NS(=O)(=O)c1ccc(C)c(N)c1. The van der Waals surface area contributed by atoms with Crippen molar-refractivity contribution >= 4 is 15.7 Å². The highest BCUT2D eigenvalue weighted by Gasteiger charge is 2.24. The summed E-state index contributed by atoms with van der Waals surface area (Å²) >= 11 is 0. The van der Waals surface area contributed by atoms with Crippen LogP contribution in [0.5, 0.6) is 0 Å². The fraction of sp³-hybridized carbons (Fsp3) is 0.500. The minimum Gasteiger partial charge on any atom is -0.398 e. The topological polar surface area (TPSA) is 72.2 Å². The first-order chi connectivity index (χ1) is 7.68. The molecule has 17 heavy (non-hydrogen) atoms. The number of nitrogens with one attached hydrogen (secondary N) is 1. The van der Waals surface area contributed by atoms with E-state index in [4.69, 9.17) is 5.73 Å². The van der Waals surface area contributed by atoms with Crippen LogP contribution in [-0.2, 0) is 10.0 Å². The minimum atomic E-state index is -3.50. The Hall–Kier alpha value is -1.07. The fourth-order valence-electron chi connectivity index (χ4n) is 1.28. The Morgan fingerprint density at radius 1 is 1.35 bits per heavy atom. The normalized spacial score (nSPS) is 12.7. The van der Waals surface area contributed by atoms with Gasteiger partial charge in [-0.1, -0.05) is 13.0 Å². The van der Waals surface area contributed by atoms with Gasteiger partial charge in [-0.05, 0) is 44.9 Å². The lowest BCUT2D eigenvalue weighted by molar-refractivity contribution is 0.439. The van der Waals surface area contributed by atoms with Gasteiger partial charge in [0.15, 0.2) is 0 Å². The van der Waals surface area contributed by atoms with E-state index < -0.39 is 15.6 Å². The highest BCUT2D eigenvalue weighted by atomic mass is 32.2. The second-order valence-corrected chi connectivity index (χ2v) is 6.54. The van der Waals surface area contributed by atoms with E-state index in [9.17, 15) is 8.42 Å². The molecule has 0 saturated heterocycles. The van der Waals surface area contributed by atoms with Gasteiger partial charge in [0.05, 0.1) is 4.90 Å². The van der Waals surface area contributed by atoms with Crippen molar-refractivity contribution in [3.05, 3.63) is 23.8 Å². The number of sulfonamides is 1. The molecule has 0 aromatic heterocycles. The summed E-state index contributed by atoms with van der Waals surface area (Å²) in [6.45, 7) is 7.48. The zero-order chi connectivity index (χ0) is 13.3. The van der Waals surface area contributed by atoms with E-state index in [1.54, 1.807) is 12.1 Å². The third kappa shape index (κ3) is 3.44. The Balaban J connectivity index is 3.10. The number of aryl methyl sites for hydroxylation is 1. The van der Waals surface area contributed by atoms with Crippen molar-refractivity contribution in [2.45, 2.75) is 44.6 Å². The van der Waals surface area contributed by atoms with Crippen LogP contribution >= 0.6 is 0 Å². The van der Waals surface area contributed by atoms with Gasteiger partial charge in [0.1, 0.15) is 0 Å². The average molecular weight is 256 g/mol. The van der Waals surface area contributed by atoms with Gasteiger partial charge in [-0.15, -0.1) is 0 Å². The molecule has 0 heterocycles. The molecule has 1 rings (SSSR count). The van der Waals surface area contributed by atoms with Gasteiger partial charge in [-0.25, -0.2) is 13.1 Å². The summed E-state index contributed by atoms with van der Waals surface area (Å²) in [7, 11) is -3.50. The maximum absolute atomic E-state index is 12.1. The van der Waals surface area contributed by atoms with Crippen LogP contribution in [-0.4, -0.2) is 14.0 Å². The van der Waals surface area contributed by atoms with E-state index in [-0.39, 0.29) is 4.90 Å². The molecule has 0 bridgehead atoms. The molecule has 96 valence electrons. The van der Waals surface area contributed by atoms with E-state index in [1.165, 1.54) is 6.07 Å². The summed E-state index contributed by atoms with van der Waals surface area (Å²) in [5, 5.41) is 0. The maximum atomic E-state index is 12.1. The summed E-state index contributed by atoms with van der Waals surface area (Å²) in [5.41, 5.74) is 6.62. The fourth-order valence-corrected chi connectivity index (χ4v) is 2.80. The second-order valence-electron chi connectivity index (χ2n) is 4.86. The van der Waals surface area contributed by atoms with Gasteiger partial charge in [-0.3, -0.25) is 0 Å². The van der Waals surface area contributed by atoms with Gasteiger partial charge in [0.2, 0.25) is 10.0 Å². The largest absolute Gasteiger partial charge is 0.398 e. The lowest BCUT2D eigenvalue weighted by Gasteiger charge is -2.24. The van der Waals surface area contributed by atoms with Crippen LogP contribution in [0, 0.1) is 6.92 Å². The summed E-state index contributed by atoms with van der Waals surface area (Å²) in [6, 6.07) is 4.77. The van der Waals surface area contributed by atoms with Gasteiger partial charge in [0.25, 0.3) is 0 Å². The molecule has 0 saturated carbocycles. The Morgan fingerprint density at radius 3 is 2.41 bits per heavy atom. The minimum absolute atomic E-state index is 0.210. The molecule has 5 heteroatoms. The van der Waals surface area contributed by atoms with Gasteiger partial charge < -0.3 is 5.73 Å². The van der Waals surface area contributed by atoms with Crippen LogP contribution in [0.25, 0.3) is 0 Å². The Kier molecular flexibility index (Phi) is 3.84. The molecule has 0 radical (unpaired) electrons. The molecule has 0 aliphatic heterocycles. The monoisotopic (exact) mass is 256 g/mol. The van der Waals surface area contributed by atoms with Crippen molar-refractivity contribution in [1.29, 1.82) is 0 Å². The number of rotatable bonds is 4. The highest BCUT2D eigenvalue weighted by molar-refractivity contribution is 7.89.